The lowest BCUT2D eigenvalue weighted by molar-refractivity contribution is 0.102. The van der Waals surface area contributed by atoms with Crippen LogP contribution >= 0.6 is 0 Å². The van der Waals surface area contributed by atoms with E-state index in [2.05, 4.69) is 0 Å². The van der Waals surface area contributed by atoms with Crippen molar-refractivity contribution in [1.29, 1.82) is 0 Å². The van der Waals surface area contributed by atoms with Gasteiger partial charge in [0, 0.05) is 13.2 Å². The number of unbranched alkanes of at least 4 members (excludes halogenated alkanes) is 1. The maximum Gasteiger partial charge on any atom is 0.104 e. The summed E-state index contributed by atoms with van der Waals surface area (Å²) in [7, 11) is 0. The van der Waals surface area contributed by atoms with Gasteiger partial charge in [0.2, 0.25) is 0 Å². The Kier molecular flexibility index (Phi) is 11.7. The van der Waals surface area contributed by atoms with Gasteiger partial charge in [-0.15, -0.1) is 0 Å². The molecular formula is C17H28O6. The number of aliphatic hydroxyl groups is 3. The number of epoxide rings is 2. The molecule has 1 aromatic rings. The molecule has 2 fully saturated rings. The van der Waals surface area contributed by atoms with Gasteiger partial charge in [-0.2, -0.15) is 0 Å². The predicted octanol–water partition coefficient (Wildman–Crippen LogP) is 0.731. The van der Waals surface area contributed by atoms with Gasteiger partial charge < -0.3 is 29.5 Å². The summed E-state index contributed by atoms with van der Waals surface area (Å²) < 4.78 is 15.1. The molecule has 6 heteroatoms. The second-order valence-electron chi connectivity index (χ2n) is 5.25. The molecule has 3 N–H and O–H groups in total. The Morgan fingerprint density at radius 1 is 0.870 bits per heavy atom. The topological polar surface area (TPSA) is 95.0 Å². The maximum absolute atomic E-state index is 8.54. The van der Waals surface area contributed by atoms with Crippen LogP contribution in [0.1, 0.15) is 18.4 Å². The van der Waals surface area contributed by atoms with E-state index in [4.69, 9.17) is 29.5 Å². The minimum Gasteiger partial charge on any atom is -0.396 e. The average molecular weight is 328 g/mol. The van der Waals surface area contributed by atoms with E-state index in [0.717, 1.165) is 44.8 Å². The Bertz CT molecular complexity index is 349. The Hall–Kier alpha value is -1.02. The molecule has 3 rings (SSSR count). The zero-order chi connectivity index (χ0) is 16.8. The first kappa shape index (κ1) is 20.0. The minimum atomic E-state index is 0.140. The second kappa shape index (κ2) is 13.4. The molecule has 0 radical (unpaired) electrons. The highest BCUT2D eigenvalue weighted by Gasteiger charge is 2.26. The molecule has 2 unspecified atom stereocenters. The van der Waals surface area contributed by atoms with Crippen LogP contribution in [-0.2, 0) is 20.8 Å². The monoisotopic (exact) mass is 328 g/mol. The van der Waals surface area contributed by atoms with Gasteiger partial charge in [0.05, 0.1) is 33.0 Å². The third-order valence-electron chi connectivity index (χ3n) is 3.00. The molecule has 2 heterocycles. The Balaban J connectivity index is 0.000000177. The van der Waals surface area contributed by atoms with Crippen molar-refractivity contribution < 1.29 is 29.5 Å². The first-order valence-electron chi connectivity index (χ1n) is 7.97. The zero-order valence-corrected chi connectivity index (χ0v) is 13.5. The van der Waals surface area contributed by atoms with Crippen LogP contribution in [0.25, 0.3) is 0 Å². The van der Waals surface area contributed by atoms with Crippen LogP contribution in [0.15, 0.2) is 30.3 Å². The third-order valence-corrected chi connectivity index (χ3v) is 3.00. The smallest absolute Gasteiger partial charge is 0.104 e. The lowest BCUT2D eigenvalue weighted by Gasteiger charge is -1.95. The number of hydrogen-bond donors (Lipinski definition) is 3. The van der Waals surface area contributed by atoms with E-state index >= 15 is 0 Å². The van der Waals surface area contributed by atoms with Crippen molar-refractivity contribution in [3.63, 3.8) is 0 Å². The minimum absolute atomic E-state index is 0.140. The fraction of sp³-hybridized carbons (Fsp3) is 0.647. The summed E-state index contributed by atoms with van der Waals surface area (Å²) in [5, 5.41) is 24.7. The van der Waals surface area contributed by atoms with E-state index in [1.807, 2.05) is 30.3 Å². The van der Waals surface area contributed by atoms with Gasteiger partial charge in [0.25, 0.3) is 0 Å². The summed E-state index contributed by atoms with van der Waals surface area (Å²) in [5.41, 5.74) is 0.965. The highest BCUT2D eigenvalue weighted by Crippen LogP contribution is 2.12. The summed E-state index contributed by atoms with van der Waals surface area (Å²) in [6, 6.07) is 9.52. The molecular weight excluding hydrogens is 300 g/mol. The molecule has 0 bridgehead atoms. The molecule has 2 aliphatic heterocycles. The van der Waals surface area contributed by atoms with Gasteiger partial charge in [-0.1, -0.05) is 30.3 Å². The first-order chi connectivity index (χ1) is 11.3. The summed E-state index contributed by atoms with van der Waals surface area (Å²) in [4.78, 5) is 0. The number of rotatable bonds is 8. The van der Waals surface area contributed by atoms with Gasteiger partial charge in [0.1, 0.15) is 12.2 Å². The number of benzene rings is 1. The van der Waals surface area contributed by atoms with Crippen molar-refractivity contribution in [2.24, 2.45) is 0 Å². The van der Waals surface area contributed by atoms with Crippen molar-refractivity contribution in [3.8, 4) is 0 Å². The van der Waals surface area contributed by atoms with Crippen LogP contribution in [-0.4, -0.2) is 67.2 Å². The molecule has 0 aromatic heterocycles. The fourth-order valence-corrected chi connectivity index (χ4v) is 1.47. The first-order valence-corrected chi connectivity index (χ1v) is 7.97. The molecule has 2 atom stereocenters. The third kappa shape index (κ3) is 13.1. The summed E-state index contributed by atoms with van der Waals surface area (Å²) in [6.07, 6.45) is 2.22. The van der Waals surface area contributed by atoms with Crippen LogP contribution in [0.4, 0.5) is 0 Å². The summed E-state index contributed by atoms with van der Waals surface area (Å²) >= 11 is 0. The summed E-state index contributed by atoms with van der Waals surface area (Å²) in [5.74, 6) is 0. The van der Waals surface area contributed by atoms with E-state index in [9.17, 15) is 0 Å². The quantitative estimate of drug-likeness (QED) is 0.481. The Morgan fingerprint density at radius 2 is 1.35 bits per heavy atom. The Labute approximate surface area is 137 Å². The van der Waals surface area contributed by atoms with Crippen molar-refractivity contribution in [1.82, 2.24) is 0 Å². The number of aliphatic hydroxyl groups excluding tert-OH is 3. The van der Waals surface area contributed by atoms with Gasteiger partial charge in [0.15, 0.2) is 0 Å². The predicted molar refractivity (Wildman–Crippen MR) is 86.1 cm³/mol. The van der Waals surface area contributed by atoms with Crippen LogP contribution in [0.5, 0.6) is 0 Å². The SMILES string of the molecule is C(OCC1CO1)C1CO1.OCCCCO.OCc1ccccc1. The van der Waals surface area contributed by atoms with Crippen molar-refractivity contribution in [3.05, 3.63) is 35.9 Å². The molecule has 132 valence electrons. The van der Waals surface area contributed by atoms with Crippen molar-refractivity contribution >= 4 is 0 Å². The van der Waals surface area contributed by atoms with Gasteiger partial charge in [-0.3, -0.25) is 0 Å². The molecule has 1 aromatic carbocycles. The normalized spacial score (nSPS) is 20.7. The zero-order valence-electron chi connectivity index (χ0n) is 13.5. The van der Waals surface area contributed by atoms with Crippen LogP contribution < -0.4 is 0 Å². The largest absolute Gasteiger partial charge is 0.396 e. The second-order valence-corrected chi connectivity index (χ2v) is 5.25. The molecule has 0 spiro atoms. The molecule has 2 aliphatic rings. The molecule has 6 nitrogen and oxygen atoms in total. The van der Waals surface area contributed by atoms with Gasteiger partial charge in [-0.05, 0) is 18.4 Å². The van der Waals surface area contributed by atoms with E-state index in [1.165, 1.54) is 0 Å². The van der Waals surface area contributed by atoms with Crippen LogP contribution in [0, 0.1) is 0 Å². The van der Waals surface area contributed by atoms with Gasteiger partial charge >= 0.3 is 0 Å². The van der Waals surface area contributed by atoms with E-state index in [-0.39, 0.29) is 19.8 Å². The average Bonchev–Trinajstić information content (AvgIpc) is 3.50. The summed E-state index contributed by atoms with van der Waals surface area (Å²) in [6.45, 7) is 3.79. The standard InChI is InChI=1S/C7H8O.C6H10O3.C4H10O2/c8-6-7-4-2-1-3-5-7;1(5-3-8-5)7-2-6-4-9-6;5-3-1-2-4-6/h1-5,8H,6H2;5-6H,1-4H2;5-6H,1-4H2. The lowest BCUT2D eigenvalue weighted by atomic mass is 10.2. The highest BCUT2D eigenvalue weighted by molar-refractivity contribution is 5.12. The number of ether oxygens (including phenoxy) is 3. The molecule has 23 heavy (non-hydrogen) atoms. The maximum atomic E-state index is 8.54. The van der Waals surface area contributed by atoms with Crippen LogP contribution in [0.3, 0.4) is 0 Å². The molecule has 2 saturated heterocycles. The van der Waals surface area contributed by atoms with E-state index in [1.54, 1.807) is 0 Å². The van der Waals surface area contributed by atoms with Crippen molar-refractivity contribution in [2.45, 2.75) is 31.7 Å². The highest BCUT2D eigenvalue weighted by atomic mass is 16.6. The van der Waals surface area contributed by atoms with Crippen molar-refractivity contribution in [2.75, 3.05) is 39.6 Å². The Morgan fingerprint density at radius 3 is 1.65 bits per heavy atom. The molecule has 0 aliphatic carbocycles. The van der Waals surface area contributed by atoms with E-state index in [0.29, 0.717) is 12.2 Å². The van der Waals surface area contributed by atoms with E-state index < -0.39 is 0 Å². The lowest BCUT2D eigenvalue weighted by Crippen LogP contribution is -2.06. The van der Waals surface area contributed by atoms with Crippen LogP contribution in [0.2, 0.25) is 0 Å². The molecule has 0 amide bonds. The molecule has 0 saturated carbocycles. The fourth-order valence-electron chi connectivity index (χ4n) is 1.47. The van der Waals surface area contributed by atoms with Gasteiger partial charge in [-0.25, -0.2) is 0 Å². The number of hydrogen-bond acceptors (Lipinski definition) is 6.